The summed E-state index contributed by atoms with van der Waals surface area (Å²) in [5.41, 5.74) is 5.14. The summed E-state index contributed by atoms with van der Waals surface area (Å²) in [6.07, 6.45) is 3.95. The largest absolute Gasteiger partial charge is 0.342 e. The van der Waals surface area contributed by atoms with Crippen LogP contribution >= 0.6 is 34.5 Å². The van der Waals surface area contributed by atoms with Crippen LogP contribution in [0.5, 0.6) is 0 Å². The molecule has 0 saturated heterocycles. The van der Waals surface area contributed by atoms with Crippen LogP contribution in [-0.4, -0.2) is 15.0 Å². The highest BCUT2D eigenvalue weighted by Crippen LogP contribution is 2.31. The topological polar surface area (TPSA) is 68.4 Å². The normalized spacial score (nSPS) is 14.8. The van der Waals surface area contributed by atoms with Gasteiger partial charge in [-0.05, 0) is 54.5 Å². The third kappa shape index (κ3) is 5.55. The van der Waals surface area contributed by atoms with Crippen molar-refractivity contribution in [2.75, 3.05) is 5.32 Å². The molecule has 45 heavy (non-hydrogen) atoms. The van der Waals surface area contributed by atoms with Gasteiger partial charge in [-0.3, -0.25) is 14.2 Å². The van der Waals surface area contributed by atoms with E-state index in [1.807, 2.05) is 110 Å². The second-order valence-electron chi connectivity index (χ2n) is 10.8. The molecule has 1 N–H and O–H groups in total. The molecule has 0 unspecified atom stereocenters. The maximum atomic E-state index is 14.2. The van der Waals surface area contributed by atoms with Crippen LogP contribution in [-0.2, 0) is 11.3 Å². The van der Waals surface area contributed by atoms with Crippen molar-refractivity contribution in [2.24, 2.45) is 4.99 Å². The number of benzene rings is 4. The molecular formula is C36H26Cl2N4O2S. The number of hydrogen-bond donors (Lipinski definition) is 1. The number of rotatable bonds is 6. The van der Waals surface area contributed by atoms with Gasteiger partial charge in [-0.1, -0.05) is 107 Å². The average molecular weight is 650 g/mol. The summed E-state index contributed by atoms with van der Waals surface area (Å²) in [7, 11) is 0. The number of thiazole rings is 1. The predicted molar refractivity (Wildman–Crippen MR) is 183 cm³/mol. The predicted octanol–water partition coefficient (Wildman–Crippen LogP) is 7.18. The summed E-state index contributed by atoms with van der Waals surface area (Å²) in [6, 6.07) is 31.8. The van der Waals surface area contributed by atoms with Gasteiger partial charge >= 0.3 is 0 Å². The number of amides is 1. The van der Waals surface area contributed by atoms with Gasteiger partial charge in [-0.25, -0.2) is 4.99 Å². The van der Waals surface area contributed by atoms with E-state index in [1.165, 1.54) is 11.3 Å². The lowest BCUT2D eigenvalue weighted by Gasteiger charge is -2.25. The van der Waals surface area contributed by atoms with Crippen molar-refractivity contribution in [2.45, 2.75) is 19.5 Å². The molecule has 1 aliphatic rings. The molecule has 6 aromatic rings. The third-order valence-corrected chi connectivity index (χ3v) is 9.44. The number of hydrogen-bond acceptors (Lipinski definition) is 4. The maximum Gasteiger partial charge on any atom is 0.271 e. The lowest BCUT2D eigenvalue weighted by atomic mass is 9.95. The Morgan fingerprint density at radius 1 is 0.956 bits per heavy atom. The van der Waals surface area contributed by atoms with Crippen molar-refractivity contribution in [1.82, 2.24) is 9.13 Å². The maximum absolute atomic E-state index is 14.2. The molecule has 0 radical (unpaired) electrons. The van der Waals surface area contributed by atoms with Gasteiger partial charge < -0.3 is 9.88 Å². The molecule has 2 aromatic heterocycles. The van der Waals surface area contributed by atoms with Crippen molar-refractivity contribution < 1.29 is 4.79 Å². The molecule has 9 heteroatoms. The monoisotopic (exact) mass is 648 g/mol. The zero-order valence-corrected chi connectivity index (χ0v) is 26.4. The van der Waals surface area contributed by atoms with Crippen LogP contribution in [0.2, 0.25) is 10.0 Å². The number of fused-ring (bicyclic) bond motifs is 2. The second kappa shape index (κ2) is 12.0. The van der Waals surface area contributed by atoms with Crippen molar-refractivity contribution in [1.29, 1.82) is 0 Å². The van der Waals surface area contributed by atoms with Gasteiger partial charge in [0.15, 0.2) is 4.80 Å². The van der Waals surface area contributed by atoms with Crippen LogP contribution < -0.4 is 20.2 Å². The van der Waals surface area contributed by atoms with E-state index < -0.39 is 6.04 Å². The number of nitrogens with zero attached hydrogens (tertiary/aromatic N) is 3. The van der Waals surface area contributed by atoms with E-state index in [0.29, 0.717) is 42.9 Å². The molecule has 6 nitrogen and oxygen atoms in total. The smallest absolute Gasteiger partial charge is 0.271 e. The minimum Gasteiger partial charge on any atom is -0.342 e. The highest BCUT2D eigenvalue weighted by atomic mass is 35.5. The number of halogens is 2. The molecular weight excluding hydrogens is 623 g/mol. The van der Waals surface area contributed by atoms with Gasteiger partial charge in [0.05, 0.1) is 21.8 Å². The molecule has 0 saturated carbocycles. The number of para-hydroxylation sites is 2. The molecule has 1 amide bonds. The molecule has 0 aliphatic carbocycles. The molecule has 1 atom stereocenters. The Morgan fingerprint density at radius 2 is 1.67 bits per heavy atom. The lowest BCUT2D eigenvalue weighted by molar-refractivity contribution is -0.113. The Labute approximate surface area is 272 Å². The van der Waals surface area contributed by atoms with Crippen LogP contribution in [0.25, 0.3) is 17.0 Å². The number of aromatic nitrogens is 2. The van der Waals surface area contributed by atoms with Crippen molar-refractivity contribution in [3.05, 3.63) is 167 Å². The van der Waals surface area contributed by atoms with Gasteiger partial charge in [0.25, 0.3) is 11.5 Å². The first-order chi connectivity index (χ1) is 21.9. The molecule has 3 heterocycles. The lowest BCUT2D eigenvalue weighted by Crippen LogP contribution is -2.40. The van der Waals surface area contributed by atoms with Gasteiger partial charge in [0.2, 0.25) is 0 Å². The zero-order chi connectivity index (χ0) is 31.1. The summed E-state index contributed by atoms with van der Waals surface area (Å²) in [5.74, 6) is -0.297. The first kappa shape index (κ1) is 29.0. The molecule has 222 valence electrons. The number of allylic oxidation sites excluding steroid dienone is 1. The van der Waals surface area contributed by atoms with Crippen LogP contribution in [0.4, 0.5) is 5.69 Å². The SMILES string of the molecule is CC1=C(C(=O)Nc2ccccc2)[C@H](c2ccccc2)n2c(s/c(=C\c3cn(Cc4ccc(Cl)cc4Cl)c4ccccc34)c2=O)=N1. The molecule has 1 aliphatic heterocycles. The number of nitrogens with one attached hydrogen (secondary N) is 1. The van der Waals surface area contributed by atoms with Gasteiger partial charge in [0.1, 0.15) is 0 Å². The average Bonchev–Trinajstić information content (AvgIpc) is 3.54. The van der Waals surface area contributed by atoms with E-state index in [1.54, 1.807) is 10.6 Å². The van der Waals surface area contributed by atoms with E-state index in [-0.39, 0.29) is 11.5 Å². The quantitative estimate of drug-likeness (QED) is 0.208. The Hall–Kier alpha value is -4.69. The summed E-state index contributed by atoms with van der Waals surface area (Å²) >= 11 is 14.0. The molecule has 0 fully saturated rings. The third-order valence-electron chi connectivity index (χ3n) is 7.88. The van der Waals surface area contributed by atoms with Crippen molar-refractivity contribution in [3.8, 4) is 0 Å². The zero-order valence-electron chi connectivity index (χ0n) is 24.1. The summed E-state index contributed by atoms with van der Waals surface area (Å²) < 4.78 is 4.29. The van der Waals surface area contributed by atoms with Gasteiger partial charge in [-0.15, -0.1) is 0 Å². The Morgan fingerprint density at radius 3 is 2.42 bits per heavy atom. The van der Waals surface area contributed by atoms with E-state index in [2.05, 4.69) is 16.0 Å². The number of carbonyl (C=O) groups is 1. The van der Waals surface area contributed by atoms with Crippen LogP contribution in [0.1, 0.15) is 29.7 Å². The fraction of sp³-hybridized carbons (Fsp3) is 0.0833. The highest BCUT2D eigenvalue weighted by Gasteiger charge is 2.32. The Bertz CT molecular complexity index is 2300. The summed E-state index contributed by atoms with van der Waals surface area (Å²) in [5, 5.41) is 5.18. The number of carbonyl (C=O) groups excluding carboxylic acids is 1. The fourth-order valence-electron chi connectivity index (χ4n) is 5.78. The number of anilines is 1. The van der Waals surface area contributed by atoms with Crippen LogP contribution in [0, 0.1) is 0 Å². The Kier molecular flexibility index (Phi) is 7.75. The fourth-order valence-corrected chi connectivity index (χ4v) is 7.28. The van der Waals surface area contributed by atoms with Crippen molar-refractivity contribution in [3.63, 3.8) is 0 Å². The van der Waals surface area contributed by atoms with Crippen LogP contribution in [0.3, 0.4) is 0 Å². The molecule has 0 spiro atoms. The minimum absolute atomic E-state index is 0.206. The standard InChI is InChI=1S/C36H26Cl2N4O2S/c1-22-32(34(43)40-27-12-6-3-7-13-27)33(23-10-4-2-5-11-23)42-35(44)31(45-36(42)39-22)18-25-21-41(30-15-9-8-14-28(25)30)20-24-16-17-26(37)19-29(24)38/h2-19,21,33H,20H2,1H3,(H,40,43)/b31-18-/t33-/m0/s1. The van der Waals surface area contributed by atoms with E-state index in [9.17, 15) is 9.59 Å². The first-order valence-corrected chi connectivity index (χ1v) is 15.9. The second-order valence-corrected chi connectivity index (χ2v) is 12.6. The van der Waals surface area contributed by atoms with E-state index >= 15 is 0 Å². The summed E-state index contributed by atoms with van der Waals surface area (Å²) in [4.78, 5) is 33.3. The van der Waals surface area contributed by atoms with Crippen LogP contribution in [0.15, 0.2) is 130 Å². The molecule has 4 aromatic carbocycles. The van der Waals surface area contributed by atoms with Gasteiger partial charge in [0, 0.05) is 44.9 Å². The molecule has 0 bridgehead atoms. The van der Waals surface area contributed by atoms with E-state index in [4.69, 9.17) is 28.2 Å². The highest BCUT2D eigenvalue weighted by molar-refractivity contribution is 7.07. The van der Waals surface area contributed by atoms with Gasteiger partial charge in [-0.2, -0.15) is 0 Å². The first-order valence-electron chi connectivity index (χ1n) is 14.3. The Balaban J connectivity index is 1.35. The van der Waals surface area contributed by atoms with Crippen molar-refractivity contribution >= 4 is 63.1 Å². The van der Waals surface area contributed by atoms with E-state index in [0.717, 1.165) is 27.6 Å². The minimum atomic E-state index is -0.637. The summed E-state index contributed by atoms with van der Waals surface area (Å²) in [6.45, 7) is 2.36. The molecule has 7 rings (SSSR count).